The predicted octanol–water partition coefficient (Wildman–Crippen LogP) is 0.576. The van der Waals surface area contributed by atoms with Gasteiger partial charge >= 0.3 is 0 Å². The maximum atomic E-state index is 12.7. The normalized spacial score (nSPS) is 17.1. The molecule has 6 nitrogen and oxygen atoms in total. The molecule has 3 N–H and O–H groups in total. The van der Waals surface area contributed by atoms with E-state index < -0.39 is 15.3 Å². The van der Waals surface area contributed by atoms with E-state index in [1.54, 1.807) is 24.3 Å². The van der Waals surface area contributed by atoms with Crippen molar-refractivity contribution >= 4 is 21.4 Å². The van der Waals surface area contributed by atoms with Gasteiger partial charge in [-0.15, -0.1) is 0 Å². The highest BCUT2D eigenvalue weighted by Gasteiger charge is 2.34. The van der Waals surface area contributed by atoms with E-state index in [-0.39, 0.29) is 13.2 Å². The zero-order valence-electron chi connectivity index (χ0n) is 11.2. The first-order valence-corrected chi connectivity index (χ1v) is 8.12. The Morgan fingerprint density at radius 1 is 1.30 bits per heavy atom. The molecule has 20 heavy (non-hydrogen) atoms. The summed E-state index contributed by atoms with van der Waals surface area (Å²) in [4.78, 5) is 0. The summed E-state index contributed by atoms with van der Waals surface area (Å²) in [6.07, 6.45) is 0.938. The molecule has 0 amide bonds. The second kappa shape index (κ2) is 6.43. The number of sulfonamides is 1. The van der Waals surface area contributed by atoms with Gasteiger partial charge in [-0.25, -0.2) is 8.42 Å². The maximum absolute atomic E-state index is 12.7. The molecule has 0 bridgehead atoms. The summed E-state index contributed by atoms with van der Waals surface area (Å²) in [6, 6.07) is 6.79. The van der Waals surface area contributed by atoms with Gasteiger partial charge in [0.2, 0.25) is 10.0 Å². The molecule has 1 aromatic carbocycles. The van der Waals surface area contributed by atoms with Crippen LogP contribution in [0.5, 0.6) is 0 Å². The topological polar surface area (TPSA) is 92.9 Å². The lowest BCUT2D eigenvalue weighted by molar-refractivity contribution is 0.0983. The molecule has 0 radical (unpaired) electrons. The predicted molar refractivity (Wildman–Crippen MR) is 78.0 cm³/mol. The van der Waals surface area contributed by atoms with Gasteiger partial charge in [-0.1, -0.05) is 12.1 Å². The summed E-state index contributed by atoms with van der Waals surface area (Å²) in [7, 11) is -3.55. The fourth-order valence-corrected chi connectivity index (χ4v) is 4.27. The van der Waals surface area contributed by atoms with Crippen LogP contribution in [-0.4, -0.2) is 45.1 Å². The van der Waals surface area contributed by atoms with Crippen molar-refractivity contribution in [1.29, 1.82) is 0 Å². The van der Waals surface area contributed by atoms with Gasteiger partial charge in [-0.2, -0.15) is 0 Å². The Hall–Kier alpha value is -1.31. The van der Waals surface area contributed by atoms with Gasteiger partial charge < -0.3 is 15.6 Å². The maximum Gasteiger partial charge on any atom is 0.238 e. The molecular weight excluding hydrogens is 280 g/mol. The van der Waals surface area contributed by atoms with E-state index in [4.69, 9.17) is 10.5 Å². The van der Waals surface area contributed by atoms with Gasteiger partial charge in [0.1, 0.15) is 0 Å². The third-order valence-electron chi connectivity index (χ3n) is 3.41. The number of hydrogen-bond donors (Lipinski definition) is 2. The van der Waals surface area contributed by atoms with Crippen LogP contribution in [0.3, 0.4) is 0 Å². The summed E-state index contributed by atoms with van der Waals surface area (Å²) in [5.74, 6) is 0. The minimum Gasteiger partial charge on any atom is -0.397 e. The summed E-state index contributed by atoms with van der Waals surface area (Å²) in [6.45, 7) is 0.646. The SMILES string of the molecule is Nc1ccccc1N(CCO)S(=O)(=O)C1CCOCC1. The van der Waals surface area contributed by atoms with E-state index in [1.165, 1.54) is 4.31 Å². The van der Waals surface area contributed by atoms with Gasteiger partial charge in [0, 0.05) is 13.2 Å². The molecule has 2 rings (SSSR count). The Balaban J connectivity index is 2.34. The highest BCUT2D eigenvalue weighted by atomic mass is 32.2. The second-order valence-electron chi connectivity index (χ2n) is 4.71. The second-order valence-corrected chi connectivity index (χ2v) is 6.85. The molecule has 0 spiro atoms. The lowest BCUT2D eigenvalue weighted by atomic mass is 10.2. The van der Waals surface area contributed by atoms with Gasteiger partial charge in [0.15, 0.2) is 0 Å². The Labute approximate surface area is 119 Å². The zero-order valence-corrected chi connectivity index (χ0v) is 12.1. The zero-order chi connectivity index (χ0) is 14.6. The number of nitrogens with two attached hydrogens (primary N) is 1. The Morgan fingerprint density at radius 3 is 2.55 bits per heavy atom. The van der Waals surface area contributed by atoms with Crippen LogP contribution in [0.1, 0.15) is 12.8 Å². The number of anilines is 2. The number of benzene rings is 1. The first-order chi connectivity index (χ1) is 9.57. The molecule has 0 atom stereocenters. The van der Waals surface area contributed by atoms with Crippen molar-refractivity contribution in [3.63, 3.8) is 0 Å². The van der Waals surface area contributed by atoms with Crippen molar-refractivity contribution in [2.24, 2.45) is 0 Å². The fourth-order valence-electron chi connectivity index (χ4n) is 2.34. The Kier molecular flexibility index (Phi) is 4.85. The molecule has 1 aromatic rings. The molecule has 1 aliphatic rings. The van der Waals surface area contributed by atoms with Crippen molar-refractivity contribution in [3.8, 4) is 0 Å². The van der Waals surface area contributed by atoms with Crippen LogP contribution in [0.4, 0.5) is 11.4 Å². The first-order valence-electron chi connectivity index (χ1n) is 6.62. The number of nitrogen functional groups attached to an aromatic ring is 1. The molecule has 7 heteroatoms. The van der Waals surface area contributed by atoms with E-state index >= 15 is 0 Å². The van der Waals surface area contributed by atoms with Gasteiger partial charge in [0.05, 0.1) is 29.8 Å². The van der Waals surface area contributed by atoms with Crippen molar-refractivity contribution in [2.75, 3.05) is 36.4 Å². The number of hydrogen-bond acceptors (Lipinski definition) is 5. The van der Waals surface area contributed by atoms with Crippen LogP contribution in [0.2, 0.25) is 0 Å². The molecular formula is C13H20N2O4S. The number of nitrogens with zero attached hydrogens (tertiary/aromatic N) is 1. The van der Waals surface area contributed by atoms with Gasteiger partial charge in [-0.05, 0) is 25.0 Å². The fraction of sp³-hybridized carbons (Fsp3) is 0.538. The van der Waals surface area contributed by atoms with Crippen molar-refractivity contribution in [1.82, 2.24) is 0 Å². The summed E-state index contributed by atoms with van der Waals surface area (Å²) >= 11 is 0. The summed E-state index contributed by atoms with van der Waals surface area (Å²) < 4.78 is 31.9. The van der Waals surface area contributed by atoms with Crippen LogP contribution in [-0.2, 0) is 14.8 Å². The highest BCUT2D eigenvalue weighted by Crippen LogP contribution is 2.29. The standard InChI is InChI=1S/C13H20N2O4S/c14-12-3-1-2-4-13(12)15(7-8-16)20(17,18)11-5-9-19-10-6-11/h1-4,11,16H,5-10,14H2. The average molecular weight is 300 g/mol. The van der Waals surface area contributed by atoms with E-state index in [2.05, 4.69) is 0 Å². The van der Waals surface area contributed by atoms with Gasteiger partial charge in [-0.3, -0.25) is 4.31 Å². The van der Waals surface area contributed by atoms with Crippen LogP contribution >= 0.6 is 0 Å². The van der Waals surface area contributed by atoms with E-state index in [9.17, 15) is 13.5 Å². The van der Waals surface area contributed by atoms with Gasteiger partial charge in [0.25, 0.3) is 0 Å². The molecule has 1 heterocycles. The molecule has 0 unspecified atom stereocenters. The smallest absolute Gasteiger partial charge is 0.238 e. The highest BCUT2D eigenvalue weighted by molar-refractivity contribution is 7.93. The van der Waals surface area contributed by atoms with Crippen LogP contribution in [0, 0.1) is 0 Å². The van der Waals surface area contributed by atoms with Crippen LogP contribution in [0.25, 0.3) is 0 Å². The lowest BCUT2D eigenvalue weighted by Gasteiger charge is -2.31. The molecule has 112 valence electrons. The molecule has 1 fully saturated rings. The molecule has 0 aliphatic carbocycles. The van der Waals surface area contributed by atoms with Crippen molar-refractivity contribution in [2.45, 2.75) is 18.1 Å². The number of aliphatic hydroxyl groups is 1. The van der Waals surface area contributed by atoms with E-state index in [0.29, 0.717) is 37.4 Å². The molecule has 0 saturated carbocycles. The summed E-state index contributed by atoms with van der Waals surface area (Å²) in [5, 5.41) is 8.70. The minimum absolute atomic E-state index is 0.00784. The van der Waals surface area contributed by atoms with E-state index in [0.717, 1.165) is 0 Å². The number of aliphatic hydroxyl groups excluding tert-OH is 1. The number of para-hydroxylation sites is 2. The third-order valence-corrected chi connectivity index (χ3v) is 5.71. The number of ether oxygens (including phenoxy) is 1. The molecule has 0 aromatic heterocycles. The average Bonchev–Trinajstić information content (AvgIpc) is 2.46. The first kappa shape index (κ1) is 15.1. The minimum atomic E-state index is -3.55. The molecule has 1 aliphatic heterocycles. The molecule has 1 saturated heterocycles. The quantitative estimate of drug-likeness (QED) is 0.776. The monoisotopic (exact) mass is 300 g/mol. The summed E-state index contributed by atoms with van der Waals surface area (Å²) in [5.41, 5.74) is 6.68. The van der Waals surface area contributed by atoms with Crippen molar-refractivity contribution in [3.05, 3.63) is 24.3 Å². The largest absolute Gasteiger partial charge is 0.397 e. The van der Waals surface area contributed by atoms with Crippen LogP contribution in [0.15, 0.2) is 24.3 Å². The number of rotatable bonds is 5. The van der Waals surface area contributed by atoms with E-state index in [1.807, 2.05) is 0 Å². The van der Waals surface area contributed by atoms with Crippen molar-refractivity contribution < 1.29 is 18.3 Å². The Morgan fingerprint density at radius 2 is 1.95 bits per heavy atom. The Bertz CT molecular complexity index is 541. The van der Waals surface area contributed by atoms with Crippen LogP contribution < -0.4 is 10.0 Å². The lowest BCUT2D eigenvalue weighted by Crippen LogP contribution is -2.43. The third kappa shape index (κ3) is 3.05.